The maximum absolute atomic E-state index is 12.2. The van der Waals surface area contributed by atoms with Gasteiger partial charge in [-0.2, -0.15) is 0 Å². The minimum absolute atomic E-state index is 0.142. The molecule has 2 unspecified atom stereocenters. The molecular formula is C18H25N5O2. The predicted octanol–water partition coefficient (Wildman–Crippen LogP) is 0.994. The summed E-state index contributed by atoms with van der Waals surface area (Å²) in [6.07, 6.45) is 4.49. The molecule has 1 aromatic carbocycles. The van der Waals surface area contributed by atoms with Crippen molar-refractivity contribution in [3.05, 3.63) is 24.5 Å². The van der Waals surface area contributed by atoms with Crippen molar-refractivity contribution >= 4 is 22.6 Å². The highest BCUT2D eigenvalue weighted by atomic mass is 16.3. The Hall–Kier alpha value is -2.12. The van der Waals surface area contributed by atoms with E-state index in [1.54, 1.807) is 6.33 Å². The lowest BCUT2D eigenvalue weighted by Gasteiger charge is -2.33. The van der Waals surface area contributed by atoms with Crippen LogP contribution in [0.15, 0.2) is 24.5 Å². The normalized spacial score (nSPS) is 25.4. The summed E-state index contributed by atoms with van der Waals surface area (Å²) in [4.78, 5) is 19.1. The van der Waals surface area contributed by atoms with Crippen LogP contribution in [-0.2, 0) is 4.79 Å². The molecule has 0 spiro atoms. The zero-order valence-electron chi connectivity index (χ0n) is 14.5. The second-order valence-corrected chi connectivity index (χ2v) is 6.99. The van der Waals surface area contributed by atoms with Crippen molar-refractivity contribution < 1.29 is 9.90 Å². The number of carbonyl (C=O) groups excluding carboxylic acids is 1. The number of nitrogens with zero attached hydrogens (tertiary/aromatic N) is 3. The lowest BCUT2D eigenvalue weighted by molar-refractivity contribution is -0.130. The second kappa shape index (κ2) is 6.65. The van der Waals surface area contributed by atoms with Gasteiger partial charge in [0.1, 0.15) is 12.3 Å². The molecule has 7 heteroatoms. The molecule has 2 aromatic rings. The average molecular weight is 343 g/mol. The van der Waals surface area contributed by atoms with Crippen molar-refractivity contribution in [2.24, 2.45) is 0 Å². The molecule has 0 bridgehead atoms. The van der Waals surface area contributed by atoms with Gasteiger partial charge in [0.25, 0.3) is 0 Å². The molecule has 1 amide bonds. The van der Waals surface area contributed by atoms with Crippen molar-refractivity contribution in [3.8, 4) is 0 Å². The number of hydrogen-bond acceptors (Lipinski definition) is 5. The molecule has 4 rings (SSSR count). The quantitative estimate of drug-likeness (QED) is 0.774. The molecule has 134 valence electrons. The van der Waals surface area contributed by atoms with E-state index in [1.807, 2.05) is 11.6 Å². The van der Waals surface area contributed by atoms with Gasteiger partial charge < -0.3 is 25.2 Å². The first-order chi connectivity index (χ1) is 12.2. The Morgan fingerprint density at radius 1 is 1.24 bits per heavy atom. The van der Waals surface area contributed by atoms with E-state index in [0.717, 1.165) is 37.0 Å². The highest BCUT2D eigenvalue weighted by Crippen LogP contribution is 2.28. The van der Waals surface area contributed by atoms with Gasteiger partial charge in [-0.05, 0) is 50.9 Å². The van der Waals surface area contributed by atoms with Crippen molar-refractivity contribution in [3.63, 3.8) is 0 Å². The van der Waals surface area contributed by atoms with E-state index < -0.39 is 6.23 Å². The minimum atomic E-state index is -0.731. The second-order valence-electron chi connectivity index (χ2n) is 6.99. The SMILES string of the molecule is CNC1CCN(c2ccc3c(c2)ncn3C2CCC(O)NC2=O)CC1. The molecular weight excluding hydrogens is 318 g/mol. The minimum Gasteiger partial charge on any atom is -0.374 e. The Labute approximate surface area is 147 Å². The van der Waals surface area contributed by atoms with E-state index in [9.17, 15) is 9.90 Å². The smallest absolute Gasteiger partial charge is 0.245 e. The van der Waals surface area contributed by atoms with E-state index in [0.29, 0.717) is 18.9 Å². The number of nitrogens with one attached hydrogen (secondary N) is 2. The zero-order chi connectivity index (χ0) is 17.4. The van der Waals surface area contributed by atoms with Crippen LogP contribution in [0.4, 0.5) is 5.69 Å². The first-order valence-corrected chi connectivity index (χ1v) is 9.03. The van der Waals surface area contributed by atoms with Gasteiger partial charge in [-0.25, -0.2) is 4.98 Å². The largest absolute Gasteiger partial charge is 0.374 e. The van der Waals surface area contributed by atoms with Gasteiger partial charge >= 0.3 is 0 Å². The maximum atomic E-state index is 12.2. The number of amides is 1. The van der Waals surface area contributed by atoms with Crippen molar-refractivity contribution in [2.75, 3.05) is 25.0 Å². The Morgan fingerprint density at radius 2 is 2.04 bits per heavy atom. The molecule has 1 aromatic heterocycles. The van der Waals surface area contributed by atoms with Gasteiger partial charge in [0.05, 0.1) is 17.4 Å². The molecule has 0 aliphatic carbocycles. The third-order valence-electron chi connectivity index (χ3n) is 5.49. The van der Waals surface area contributed by atoms with Crippen LogP contribution in [0.5, 0.6) is 0 Å². The highest BCUT2D eigenvalue weighted by Gasteiger charge is 2.29. The van der Waals surface area contributed by atoms with Crippen LogP contribution in [0, 0.1) is 0 Å². The van der Waals surface area contributed by atoms with Crippen LogP contribution in [-0.4, -0.2) is 53.0 Å². The van der Waals surface area contributed by atoms with Crippen LogP contribution in [0.1, 0.15) is 31.7 Å². The number of rotatable bonds is 3. The molecule has 2 aliphatic heterocycles. The summed E-state index contributed by atoms with van der Waals surface area (Å²) in [6.45, 7) is 2.08. The Morgan fingerprint density at radius 3 is 2.76 bits per heavy atom. The third kappa shape index (κ3) is 3.09. The van der Waals surface area contributed by atoms with Gasteiger partial charge in [0, 0.05) is 24.8 Å². The number of imidazole rings is 1. The molecule has 7 nitrogen and oxygen atoms in total. The summed E-state index contributed by atoms with van der Waals surface area (Å²) in [5.74, 6) is -0.142. The fourth-order valence-corrected chi connectivity index (χ4v) is 3.94. The van der Waals surface area contributed by atoms with Crippen LogP contribution < -0.4 is 15.5 Å². The molecule has 2 atom stereocenters. The van der Waals surface area contributed by atoms with E-state index in [-0.39, 0.29) is 11.9 Å². The Balaban J connectivity index is 1.56. The fraction of sp³-hybridized carbons (Fsp3) is 0.556. The van der Waals surface area contributed by atoms with Crippen LogP contribution in [0.2, 0.25) is 0 Å². The summed E-state index contributed by atoms with van der Waals surface area (Å²) >= 11 is 0. The maximum Gasteiger partial charge on any atom is 0.245 e. The first-order valence-electron chi connectivity index (χ1n) is 9.03. The van der Waals surface area contributed by atoms with Crippen molar-refractivity contribution in [1.82, 2.24) is 20.2 Å². The lowest BCUT2D eigenvalue weighted by atomic mass is 10.0. The monoisotopic (exact) mass is 343 g/mol. The zero-order valence-corrected chi connectivity index (χ0v) is 14.5. The molecule has 0 radical (unpaired) electrons. The van der Waals surface area contributed by atoms with E-state index in [4.69, 9.17) is 0 Å². The number of anilines is 1. The predicted molar refractivity (Wildman–Crippen MR) is 96.4 cm³/mol. The number of aromatic nitrogens is 2. The van der Waals surface area contributed by atoms with Gasteiger partial charge in [-0.3, -0.25) is 4.79 Å². The molecule has 3 N–H and O–H groups in total. The van der Waals surface area contributed by atoms with Crippen LogP contribution >= 0.6 is 0 Å². The summed E-state index contributed by atoms with van der Waals surface area (Å²) in [5, 5.41) is 15.5. The number of fused-ring (bicyclic) bond motifs is 1. The summed E-state index contributed by atoms with van der Waals surface area (Å²) in [7, 11) is 2.03. The highest BCUT2D eigenvalue weighted by molar-refractivity contribution is 5.85. The van der Waals surface area contributed by atoms with Gasteiger partial charge in [0.15, 0.2) is 0 Å². The fourth-order valence-electron chi connectivity index (χ4n) is 3.94. The summed E-state index contributed by atoms with van der Waals surface area (Å²) in [6, 6.07) is 6.60. The molecule has 2 aliphatic rings. The summed E-state index contributed by atoms with van der Waals surface area (Å²) in [5.41, 5.74) is 3.06. The van der Waals surface area contributed by atoms with E-state index >= 15 is 0 Å². The molecule has 3 heterocycles. The number of carbonyl (C=O) groups is 1. The number of benzene rings is 1. The van der Waals surface area contributed by atoms with Gasteiger partial charge in [-0.15, -0.1) is 0 Å². The molecule has 2 saturated heterocycles. The number of piperidine rings is 2. The first kappa shape index (κ1) is 16.4. The topological polar surface area (TPSA) is 82.4 Å². The van der Waals surface area contributed by atoms with Crippen LogP contribution in [0.3, 0.4) is 0 Å². The average Bonchev–Trinajstić information content (AvgIpc) is 3.05. The number of hydrogen-bond donors (Lipinski definition) is 3. The number of aliphatic hydroxyl groups excluding tert-OH is 1. The third-order valence-corrected chi connectivity index (χ3v) is 5.49. The van der Waals surface area contributed by atoms with Crippen LogP contribution in [0.25, 0.3) is 11.0 Å². The molecule has 0 saturated carbocycles. The number of aliphatic hydroxyl groups is 1. The Bertz CT molecular complexity index is 766. The van der Waals surface area contributed by atoms with Crippen molar-refractivity contribution in [1.29, 1.82) is 0 Å². The molecule has 25 heavy (non-hydrogen) atoms. The molecule has 2 fully saturated rings. The summed E-state index contributed by atoms with van der Waals surface area (Å²) < 4.78 is 1.92. The van der Waals surface area contributed by atoms with Crippen molar-refractivity contribution in [2.45, 2.75) is 44.0 Å². The van der Waals surface area contributed by atoms with Gasteiger partial charge in [-0.1, -0.05) is 0 Å². The standard InChI is InChI=1S/C18H25N5O2/c1-19-12-6-8-22(9-7-12)13-2-3-15-14(10-13)20-11-23(15)16-4-5-17(24)21-18(16)25/h2-3,10-12,16-17,19,24H,4-9H2,1H3,(H,21,25). The van der Waals surface area contributed by atoms with Gasteiger partial charge in [0.2, 0.25) is 5.91 Å². The van der Waals surface area contributed by atoms with E-state index in [2.05, 4.69) is 38.7 Å². The Kier molecular flexibility index (Phi) is 4.35. The lowest BCUT2D eigenvalue weighted by Crippen LogP contribution is -2.44. The van der Waals surface area contributed by atoms with E-state index in [1.165, 1.54) is 5.69 Å².